The smallest absolute Gasteiger partial charge is 0.00673 e. The van der Waals surface area contributed by atoms with Crippen LogP contribution in [0.2, 0.25) is 0 Å². The SMILES string of the molecule is C[C@H](CNC1CCCCCC1)c1ccccc1. The summed E-state index contributed by atoms with van der Waals surface area (Å²) in [4.78, 5) is 0. The van der Waals surface area contributed by atoms with Crippen molar-refractivity contribution in [1.82, 2.24) is 5.32 Å². The molecule has 1 heteroatoms. The number of hydrogen-bond donors (Lipinski definition) is 1. The van der Waals surface area contributed by atoms with Crippen LogP contribution in [0.15, 0.2) is 30.3 Å². The first kappa shape index (κ1) is 12.6. The third kappa shape index (κ3) is 4.16. The second-order valence-corrected chi connectivity index (χ2v) is 5.41. The molecule has 1 N–H and O–H groups in total. The van der Waals surface area contributed by atoms with E-state index in [1.165, 1.54) is 44.1 Å². The molecule has 2 rings (SSSR count). The van der Waals surface area contributed by atoms with Crippen molar-refractivity contribution in [3.8, 4) is 0 Å². The van der Waals surface area contributed by atoms with Crippen molar-refractivity contribution in [3.63, 3.8) is 0 Å². The largest absolute Gasteiger partial charge is 0.313 e. The summed E-state index contributed by atoms with van der Waals surface area (Å²) in [5, 5.41) is 3.76. The fourth-order valence-electron chi connectivity index (χ4n) is 2.73. The molecule has 1 aromatic carbocycles. The molecule has 0 spiro atoms. The Hall–Kier alpha value is -0.820. The molecular formula is C16H25N. The highest BCUT2D eigenvalue weighted by Crippen LogP contribution is 2.19. The van der Waals surface area contributed by atoms with E-state index in [9.17, 15) is 0 Å². The Bertz CT molecular complexity index is 299. The predicted octanol–water partition coefficient (Wildman–Crippen LogP) is 4.10. The maximum absolute atomic E-state index is 3.76. The van der Waals surface area contributed by atoms with E-state index in [1.54, 1.807) is 0 Å². The third-order valence-corrected chi connectivity index (χ3v) is 3.94. The van der Waals surface area contributed by atoms with E-state index in [4.69, 9.17) is 0 Å². The van der Waals surface area contributed by atoms with E-state index >= 15 is 0 Å². The van der Waals surface area contributed by atoms with Gasteiger partial charge in [-0.1, -0.05) is 62.9 Å². The average Bonchev–Trinajstić information content (AvgIpc) is 2.65. The van der Waals surface area contributed by atoms with Gasteiger partial charge in [0.25, 0.3) is 0 Å². The quantitative estimate of drug-likeness (QED) is 0.769. The molecule has 0 amide bonds. The van der Waals surface area contributed by atoms with E-state index in [-0.39, 0.29) is 0 Å². The molecule has 0 unspecified atom stereocenters. The van der Waals surface area contributed by atoms with Gasteiger partial charge in [0.15, 0.2) is 0 Å². The molecule has 1 saturated carbocycles. The van der Waals surface area contributed by atoms with Gasteiger partial charge in [-0.15, -0.1) is 0 Å². The molecule has 0 radical (unpaired) electrons. The summed E-state index contributed by atoms with van der Waals surface area (Å²) in [6, 6.07) is 11.6. The van der Waals surface area contributed by atoms with Gasteiger partial charge in [0, 0.05) is 12.6 Å². The maximum atomic E-state index is 3.76. The Kier molecular flexibility index (Phi) is 5.06. The first-order valence-corrected chi connectivity index (χ1v) is 7.14. The standard InChI is InChI=1S/C16H25N/c1-14(15-9-5-4-6-10-15)13-17-16-11-7-2-3-8-12-16/h4-6,9-10,14,16-17H,2-3,7-8,11-13H2,1H3/t14-/m1/s1. The average molecular weight is 231 g/mol. The Balaban J connectivity index is 1.77. The number of benzene rings is 1. The van der Waals surface area contributed by atoms with Crippen LogP contribution in [0.25, 0.3) is 0 Å². The highest BCUT2D eigenvalue weighted by Gasteiger charge is 2.13. The minimum atomic E-state index is 0.624. The van der Waals surface area contributed by atoms with E-state index in [0.29, 0.717) is 5.92 Å². The van der Waals surface area contributed by atoms with Gasteiger partial charge in [-0.2, -0.15) is 0 Å². The zero-order valence-electron chi connectivity index (χ0n) is 11.0. The minimum Gasteiger partial charge on any atom is -0.313 e. The van der Waals surface area contributed by atoms with E-state index in [2.05, 4.69) is 42.6 Å². The van der Waals surface area contributed by atoms with Gasteiger partial charge < -0.3 is 5.32 Å². The lowest BCUT2D eigenvalue weighted by Gasteiger charge is -2.19. The first-order valence-electron chi connectivity index (χ1n) is 7.14. The van der Waals surface area contributed by atoms with Crippen molar-refractivity contribution < 1.29 is 0 Å². The topological polar surface area (TPSA) is 12.0 Å². The van der Waals surface area contributed by atoms with Crippen molar-refractivity contribution in [2.24, 2.45) is 0 Å². The number of hydrogen-bond acceptors (Lipinski definition) is 1. The molecule has 1 aliphatic rings. The molecule has 0 saturated heterocycles. The van der Waals surface area contributed by atoms with Crippen molar-refractivity contribution in [1.29, 1.82) is 0 Å². The summed E-state index contributed by atoms with van der Waals surface area (Å²) < 4.78 is 0. The first-order chi connectivity index (χ1) is 8.36. The third-order valence-electron chi connectivity index (χ3n) is 3.94. The fraction of sp³-hybridized carbons (Fsp3) is 0.625. The molecule has 0 aliphatic heterocycles. The summed E-state index contributed by atoms with van der Waals surface area (Å²) in [6.45, 7) is 3.44. The van der Waals surface area contributed by atoms with Crippen molar-refractivity contribution in [2.45, 2.75) is 57.4 Å². The van der Waals surface area contributed by atoms with Crippen LogP contribution in [-0.4, -0.2) is 12.6 Å². The van der Waals surface area contributed by atoms with Crippen molar-refractivity contribution in [2.75, 3.05) is 6.54 Å². The van der Waals surface area contributed by atoms with Crippen molar-refractivity contribution >= 4 is 0 Å². The van der Waals surface area contributed by atoms with Gasteiger partial charge in [-0.05, 0) is 24.3 Å². The molecule has 0 aromatic heterocycles. The predicted molar refractivity (Wildman–Crippen MR) is 74.3 cm³/mol. The molecular weight excluding hydrogens is 206 g/mol. The summed E-state index contributed by atoms with van der Waals surface area (Å²) in [6.07, 6.45) is 8.45. The molecule has 1 aromatic rings. The molecule has 1 nitrogen and oxygen atoms in total. The summed E-state index contributed by atoms with van der Waals surface area (Å²) in [7, 11) is 0. The monoisotopic (exact) mass is 231 g/mol. The van der Waals surface area contributed by atoms with E-state index in [0.717, 1.165) is 12.6 Å². The van der Waals surface area contributed by atoms with Gasteiger partial charge >= 0.3 is 0 Å². The van der Waals surface area contributed by atoms with Gasteiger partial charge in [0.05, 0.1) is 0 Å². The van der Waals surface area contributed by atoms with Gasteiger partial charge in [-0.3, -0.25) is 0 Å². The van der Waals surface area contributed by atoms with Crippen LogP contribution < -0.4 is 5.32 Å². The number of nitrogens with one attached hydrogen (secondary N) is 1. The van der Waals surface area contributed by atoms with Gasteiger partial charge in [-0.25, -0.2) is 0 Å². The highest BCUT2D eigenvalue weighted by molar-refractivity contribution is 5.18. The summed E-state index contributed by atoms with van der Waals surface area (Å²) in [5.41, 5.74) is 1.45. The van der Waals surface area contributed by atoms with Gasteiger partial charge in [0.1, 0.15) is 0 Å². The molecule has 1 fully saturated rings. The zero-order chi connectivity index (χ0) is 11.9. The zero-order valence-corrected chi connectivity index (χ0v) is 11.0. The lowest BCUT2D eigenvalue weighted by Crippen LogP contribution is -2.31. The summed E-state index contributed by atoms with van der Waals surface area (Å²) in [5.74, 6) is 0.624. The molecule has 0 heterocycles. The second kappa shape index (κ2) is 6.80. The Labute approximate surface area is 106 Å². The lowest BCUT2D eigenvalue weighted by atomic mass is 10.0. The second-order valence-electron chi connectivity index (χ2n) is 5.41. The van der Waals surface area contributed by atoms with Crippen LogP contribution in [0.1, 0.15) is 56.9 Å². The fourth-order valence-corrected chi connectivity index (χ4v) is 2.73. The normalized spacial score (nSPS) is 19.8. The minimum absolute atomic E-state index is 0.624. The number of rotatable bonds is 4. The molecule has 1 atom stereocenters. The van der Waals surface area contributed by atoms with Crippen LogP contribution in [-0.2, 0) is 0 Å². The van der Waals surface area contributed by atoms with Crippen LogP contribution >= 0.6 is 0 Å². The highest BCUT2D eigenvalue weighted by atomic mass is 14.9. The Morgan fingerprint density at radius 3 is 2.35 bits per heavy atom. The van der Waals surface area contributed by atoms with Crippen LogP contribution in [0.4, 0.5) is 0 Å². The Morgan fingerprint density at radius 1 is 1.06 bits per heavy atom. The van der Waals surface area contributed by atoms with Gasteiger partial charge in [0.2, 0.25) is 0 Å². The molecule has 1 aliphatic carbocycles. The van der Waals surface area contributed by atoms with Crippen LogP contribution in [0, 0.1) is 0 Å². The van der Waals surface area contributed by atoms with Crippen LogP contribution in [0.5, 0.6) is 0 Å². The Morgan fingerprint density at radius 2 is 1.71 bits per heavy atom. The maximum Gasteiger partial charge on any atom is 0.00673 e. The summed E-state index contributed by atoms with van der Waals surface area (Å²) >= 11 is 0. The lowest BCUT2D eigenvalue weighted by molar-refractivity contribution is 0.446. The molecule has 94 valence electrons. The van der Waals surface area contributed by atoms with E-state index in [1.807, 2.05) is 0 Å². The molecule has 17 heavy (non-hydrogen) atoms. The molecule has 0 bridgehead atoms. The van der Waals surface area contributed by atoms with E-state index < -0.39 is 0 Å². The van der Waals surface area contributed by atoms with Crippen LogP contribution in [0.3, 0.4) is 0 Å². The van der Waals surface area contributed by atoms with Crippen molar-refractivity contribution in [3.05, 3.63) is 35.9 Å².